The van der Waals surface area contributed by atoms with Crippen LogP contribution in [0.2, 0.25) is 0 Å². The van der Waals surface area contributed by atoms with Gasteiger partial charge in [0.1, 0.15) is 0 Å². The molecular formula is C9H18N2. The van der Waals surface area contributed by atoms with Gasteiger partial charge in [-0.25, -0.2) is 0 Å². The third-order valence-corrected chi connectivity index (χ3v) is 3.36. The fourth-order valence-electron chi connectivity index (χ4n) is 2.62. The van der Waals surface area contributed by atoms with Crippen LogP contribution in [0.4, 0.5) is 0 Å². The lowest BCUT2D eigenvalue weighted by atomic mass is 10.1. The first-order valence-electron chi connectivity index (χ1n) is 4.67. The molecule has 3 atom stereocenters. The van der Waals surface area contributed by atoms with Gasteiger partial charge in [-0.1, -0.05) is 0 Å². The Morgan fingerprint density at radius 2 is 2.27 bits per heavy atom. The molecule has 1 unspecified atom stereocenters. The number of piperazine rings is 1. The number of likely N-dealkylation sites (N-methyl/N-ethyl adjacent to an activating group) is 1. The summed E-state index contributed by atoms with van der Waals surface area (Å²) >= 11 is 0. The zero-order valence-corrected chi connectivity index (χ0v) is 7.34. The molecule has 2 rings (SSSR count). The van der Waals surface area contributed by atoms with Gasteiger partial charge < -0.3 is 4.90 Å². The van der Waals surface area contributed by atoms with Crippen LogP contribution in [0.5, 0.6) is 0 Å². The van der Waals surface area contributed by atoms with Crippen molar-refractivity contribution in [3.63, 3.8) is 0 Å². The predicted octanol–water partition coefficient (Wildman–Crippen LogP) is -0.471. The number of rotatable bonds is 0. The van der Waals surface area contributed by atoms with Crippen molar-refractivity contribution in [3.8, 4) is 0 Å². The number of hydrogen-bond acceptors (Lipinski definition) is 1. The highest BCUT2D eigenvalue weighted by atomic mass is 15.3. The Morgan fingerprint density at radius 3 is 3.00 bits per heavy atom. The monoisotopic (exact) mass is 154 g/mol. The minimum absolute atomic E-state index is 0.841. The average Bonchev–Trinajstić information content (AvgIpc) is 2.45. The second kappa shape index (κ2) is 2.76. The van der Waals surface area contributed by atoms with E-state index in [0.29, 0.717) is 0 Å². The Hall–Kier alpha value is -0.0800. The number of nitrogens with zero attached hydrogens (tertiary/aromatic N) is 1. The van der Waals surface area contributed by atoms with Crippen LogP contribution >= 0.6 is 0 Å². The lowest BCUT2D eigenvalue weighted by molar-refractivity contribution is -0.888. The molecule has 0 aromatic rings. The molecular weight excluding hydrogens is 136 g/mol. The summed E-state index contributed by atoms with van der Waals surface area (Å²) in [5.74, 6) is 0. The summed E-state index contributed by atoms with van der Waals surface area (Å²) in [6.45, 7) is 2.47. The predicted molar refractivity (Wildman–Crippen MR) is 45.2 cm³/mol. The van der Waals surface area contributed by atoms with Gasteiger partial charge in [-0.2, -0.15) is 7.05 Å². The highest BCUT2D eigenvalue weighted by Crippen LogP contribution is 2.22. The zero-order valence-electron chi connectivity index (χ0n) is 7.34. The van der Waals surface area contributed by atoms with E-state index in [4.69, 9.17) is 0 Å². The van der Waals surface area contributed by atoms with Gasteiger partial charge in [0.2, 0.25) is 0 Å². The lowest BCUT2D eigenvalue weighted by Crippen LogP contribution is -3.14. The number of hydrogen-bond donors (Lipinski definition) is 1. The summed E-state index contributed by atoms with van der Waals surface area (Å²) in [6.07, 6.45) is 4.22. The van der Waals surface area contributed by atoms with E-state index in [0.717, 1.165) is 12.1 Å². The first kappa shape index (κ1) is 7.56. The van der Waals surface area contributed by atoms with Crippen LogP contribution in [0.1, 0.15) is 19.3 Å². The molecule has 0 bridgehead atoms. The molecule has 2 fully saturated rings. The van der Waals surface area contributed by atoms with Crippen LogP contribution < -0.4 is 4.90 Å². The van der Waals surface area contributed by atoms with E-state index in [9.17, 15) is 0 Å². The van der Waals surface area contributed by atoms with Crippen molar-refractivity contribution in [2.45, 2.75) is 31.3 Å². The summed E-state index contributed by atoms with van der Waals surface area (Å²) < 4.78 is 0. The van der Waals surface area contributed by atoms with Gasteiger partial charge in [-0.3, -0.25) is 4.90 Å². The van der Waals surface area contributed by atoms with Crippen LogP contribution in [0.3, 0.4) is 0 Å². The average molecular weight is 154 g/mol. The Kier molecular flexibility index (Phi) is 1.90. The van der Waals surface area contributed by atoms with Gasteiger partial charge in [-0.15, -0.1) is 0 Å². The van der Waals surface area contributed by atoms with Crippen molar-refractivity contribution in [1.82, 2.24) is 4.90 Å². The number of nitrogens with one attached hydrogen (secondary N) is 1. The maximum Gasteiger partial charge on any atom is 0.0793 e. The lowest BCUT2D eigenvalue weighted by Gasteiger charge is -2.42. The van der Waals surface area contributed by atoms with Crippen molar-refractivity contribution in [2.24, 2.45) is 0 Å². The van der Waals surface area contributed by atoms with Crippen LogP contribution in [0.25, 0.3) is 0 Å². The highest BCUT2D eigenvalue weighted by molar-refractivity contribution is 4.86. The minimum atomic E-state index is 0.841. The standard InChI is InChI=1S/C9H18N2/c1-10-6-7-11(2)9-5-3-4-8(9)10/h8-10H,1,3-7H2,2H3/t8-,9+/m0/s1. The summed E-state index contributed by atoms with van der Waals surface area (Å²) in [7, 11) is 6.42. The van der Waals surface area contributed by atoms with E-state index in [1.165, 1.54) is 37.3 Å². The fraction of sp³-hybridized carbons (Fsp3) is 0.889. The molecule has 0 aromatic carbocycles. The van der Waals surface area contributed by atoms with Crippen LogP contribution in [-0.2, 0) is 0 Å². The largest absolute Gasteiger partial charge is 0.463 e. The van der Waals surface area contributed by atoms with E-state index in [2.05, 4.69) is 19.0 Å². The Labute approximate surface area is 69.2 Å². The van der Waals surface area contributed by atoms with Crippen molar-refractivity contribution in [2.75, 3.05) is 20.1 Å². The Bertz CT molecular complexity index is 130. The Balaban J connectivity index is 2.08. The van der Waals surface area contributed by atoms with Gasteiger partial charge in [-0.05, 0) is 26.3 Å². The molecule has 1 heterocycles. The van der Waals surface area contributed by atoms with Crippen LogP contribution in [0, 0.1) is 7.05 Å². The maximum absolute atomic E-state index is 4.16. The molecule has 0 amide bonds. The number of quaternary nitrogens is 1. The molecule has 1 N–H and O–H groups in total. The highest BCUT2D eigenvalue weighted by Gasteiger charge is 2.37. The molecule has 2 nitrogen and oxygen atoms in total. The van der Waals surface area contributed by atoms with Crippen LogP contribution in [0.15, 0.2) is 0 Å². The van der Waals surface area contributed by atoms with Gasteiger partial charge in [0.25, 0.3) is 0 Å². The molecule has 1 saturated carbocycles. The molecule has 11 heavy (non-hydrogen) atoms. The van der Waals surface area contributed by atoms with E-state index in [1.54, 1.807) is 0 Å². The van der Waals surface area contributed by atoms with E-state index in [1.807, 2.05) is 0 Å². The summed E-state index contributed by atoms with van der Waals surface area (Å²) in [6, 6.07) is 1.69. The second-order valence-corrected chi connectivity index (χ2v) is 3.99. The van der Waals surface area contributed by atoms with Crippen molar-refractivity contribution < 1.29 is 4.90 Å². The number of fused-ring (bicyclic) bond motifs is 1. The van der Waals surface area contributed by atoms with Gasteiger partial charge in [0.15, 0.2) is 0 Å². The third kappa shape index (κ3) is 1.18. The summed E-state index contributed by atoms with van der Waals surface area (Å²) in [5.41, 5.74) is 0. The smallest absolute Gasteiger partial charge is 0.0793 e. The van der Waals surface area contributed by atoms with E-state index < -0.39 is 0 Å². The topological polar surface area (TPSA) is 7.68 Å². The Morgan fingerprint density at radius 1 is 1.45 bits per heavy atom. The van der Waals surface area contributed by atoms with E-state index >= 15 is 0 Å². The van der Waals surface area contributed by atoms with Crippen molar-refractivity contribution in [1.29, 1.82) is 0 Å². The van der Waals surface area contributed by atoms with Gasteiger partial charge in [0.05, 0.1) is 18.6 Å². The fourth-order valence-corrected chi connectivity index (χ4v) is 2.62. The van der Waals surface area contributed by atoms with Crippen molar-refractivity contribution >= 4 is 0 Å². The molecule has 2 heteroatoms. The first-order valence-corrected chi connectivity index (χ1v) is 4.67. The molecule has 1 aliphatic heterocycles. The zero-order chi connectivity index (χ0) is 7.84. The second-order valence-electron chi connectivity index (χ2n) is 3.99. The van der Waals surface area contributed by atoms with Gasteiger partial charge >= 0.3 is 0 Å². The minimum Gasteiger partial charge on any atom is -0.463 e. The molecule has 0 spiro atoms. The summed E-state index contributed by atoms with van der Waals surface area (Å²) in [4.78, 5) is 4.04. The first-order chi connectivity index (χ1) is 5.29. The molecule has 64 valence electrons. The third-order valence-electron chi connectivity index (χ3n) is 3.36. The molecule has 0 aromatic heterocycles. The maximum atomic E-state index is 4.16. The van der Waals surface area contributed by atoms with Crippen molar-refractivity contribution in [3.05, 3.63) is 7.05 Å². The van der Waals surface area contributed by atoms with E-state index in [-0.39, 0.29) is 0 Å². The SMILES string of the molecule is [CH2-][NH+]1CCN(C)[C@@H]2CCC[C@@H]21. The molecule has 1 saturated heterocycles. The summed E-state index contributed by atoms with van der Waals surface area (Å²) in [5, 5.41) is 0. The quantitative estimate of drug-likeness (QED) is 0.464. The van der Waals surface area contributed by atoms with Crippen LogP contribution in [-0.4, -0.2) is 37.1 Å². The molecule has 1 aliphatic carbocycles. The van der Waals surface area contributed by atoms with Gasteiger partial charge in [0, 0.05) is 6.54 Å². The molecule has 0 radical (unpaired) electrons. The molecule has 2 aliphatic rings. The normalized spacial score (nSPS) is 45.8.